The molecule has 1 heterocycles. The van der Waals surface area contributed by atoms with Gasteiger partial charge in [0.15, 0.2) is 5.13 Å². The van der Waals surface area contributed by atoms with Gasteiger partial charge in [0.2, 0.25) is 0 Å². The van der Waals surface area contributed by atoms with Crippen LogP contribution in [0.25, 0.3) is 10.2 Å². The molecule has 98 valence electrons. The Morgan fingerprint density at radius 1 is 1.11 bits per heavy atom. The standard InChI is InChI=1S/C15H22N2S/c1-3-4-5-6-9-12-17(2)15-16-13-10-7-8-11-14(13)18-15/h7-8,10-11H,3-6,9,12H2,1-2H3. The zero-order chi connectivity index (χ0) is 12.8. The lowest BCUT2D eigenvalue weighted by molar-refractivity contribution is 0.629. The molecule has 0 aliphatic carbocycles. The van der Waals surface area contributed by atoms with Crippen molar-refractivity contribution in [2.75, 3.05) is 18.5 Å². The van der Waals surface area contributed by atoms with Gasteiger partial charge in [-0.1, -0.05) is 56.1 Å². The second kappa shape index (κ2) is 6.74. The van der Waals surface area contributed by atoms with Gasteiger partial charge in [0.1, 0.15) is 0 Å². The number of hydrogen-bond donors (Lipinski definition) is 0. The van der Waals surface area contributed by atoms with Crippen LogP contribution in [0.3, 0.4) is 0 Å². The van der Waals surface area contributed by atoms with E-state index in [1.807, 2.05) is 0 Å². The van der Waals surface area contributed by atoms with Crippen LogP contribution >= 0.6 is 11.3 Å². The van der Waals surface area contributed by atoms with Crippen molar-refractivity contribution in [3.05, 3.63) is 24.3 Å². The molecule has 0 N–H and O–H groups in total. The molecule has 3 heteroatoms. The molecule has 18 heavy (non-hydrogen) atoms. The van der Waals surface area contributed by atoms with Gasteiger partial charge in [-0.3, -0.25) is 0 Å². The van der Waals surface area contributed by atoms with E-state index in [0.29, 0.717) is 0 Å². The van der Waals surface area contributed by atoms with Gasteiger partial charge in [0, 0.05) is 13.6 Å². The van der Waals surface area contributed by atoms with Crippen LogP contribution in [0.2, 0.25) is 0 Å². The van der Waals surface area contributed by atoms with Gasteiger partial charge in [-0.2, -0.15) is 0 Å². The first-order valence-corrected chi connectivity index (χ1v) is 7.69. The van der Waals surface area contributed by atoms with Crippen LogP contribution in [0.4, 0.5) is 5.13 Å². The number of hydrogen-bond acceptors (Lipinski definition) is 3. The summed E-state index contributed by atoms with van der Waals surface area (Å²) in [6.07, 6.45) is 6.65. The highest BCUT2D eigenvalue weighted by molar-refractivity contribution is 7.22. The maximum Gasteiger partial charge on any atom is 0.186 e. The molecule has 2 nitrogen and oxygen atoms in total. The van der Waals surface area contributed by atoms with Crippen molar-refractivity contribution in [2.45, 2.75) is 39.0 Å². The molecule has 0 saturated carbocycles. The number of fused-ring (bicyclic) bond motifs is 1. The van der Waals surface area contributed by atoms with E-state index in [1.165, 1.54) is 36.8 Å². The minimum absolute atomic E-state index is 1.11. The molecular weight excluding hydrogens is 240 g/mol. The van der Waals surface area contributed by atoms with Crippen molar-refractivity contribution < 1.29 is 0 Å². The molecule has 0 aliphatic rings. The van der Waals surface area contributed by atoms with Gasteiger partial charge >= 0.3 is 0 Å². The third-order valence-electron chi connectivity index (χ3n) is 3.21. The molecule has 0 bridgehead atoms. The highest BCUT2D eigenvalue weighted by Crippen LogP contribution is 2.27. The first-order valence-electron chi connectivity index (χ1n) is 6.88. The Morgan fingerprint density at radius 3 is 2.67 bits per heavy atom. The number of thiazole rings is 1. The van der Waals surface area contributed by atoms with E-state index in [-0.39, 0.29) is 0 Å². The zero-order valence-electron chi connectivity index (χ0n) is 11.4. The fourth-order valence-electron chi connectivity index (χ4n) is 2.07. The van der Waals surface area contributed by atoms with Crippen molar-refractivity contribution in [3.63, 3.8) is 0 Å². The second-order valence-electron chi connectivity index (χ2n) is 4.80. The number of nitrogens with zero attached hydrogens (tertiary/aromatic N) is 2. The first kappa shape index (κ1) is 13.3. The fraction of sp³-hybridized carbons (Fsp3) is 0.533. The largest absolute Gasteiger partial charge is 0.351 e. The molecular formula is C15H22N2S. The molecule has 0 saturated heterocycles. The molecule has 0 amide bonds. The summed E-state index contributed by atoms with van der Waals surface area (Å²) >= 11 is 1.79. The first-order chi connectivity index (χ1) is 8.81. The van der Waals surface area contributed by atoms with E-state index in [2.05, 4.69) is 48.1 Å². The Balaban J connectivity index is 1.86. The topological polar surface area (TPSA) is 16.1 Å². The number of rotatable bonds is 7. The molecule has 0 radical (unpaired) electrons. The van der Waals surface area contributed by atoms with E-state index in [0.717, 1.165) is 17.2 Å². The van der Waals surface area contributed by atoms with Crippen molar-refractivity contribution in [3.8, 4) is 0 Å². The Labute approximate surface area is 114 Å². The number of aromatic nitrogens is 1. The van der Waals surface area contributed by atoms with Crippen LogP contribution < -0.4 is 4.90 Å². The summed E-state index contributed by atoms with van der Waals surface area (Å²) in [5, 5.41) is 1.15. The Kier molecular flexibility index (Phi) is 5.00. The van der Waals surface area contributed by atoms with E-state index in [4.69, 9.17) is 0 Å². The van der Waals surface area contributed by atoms with Crippen molar-refractivity contribution >= 4 is 26.7 Å². The fourth-order valence-corrected chi connectivity index (χ4v) is 3.02. The van der Waals surface area contributed by atoms with Crippen LogP contribution in [0.1, 0.15) is 39.0 Å². The molecule has 1 aromatic carbocycles. The molecule has 2 rings (SSSR count). The van der Waals surface area contributed by atoms with Crippen LogP contribution in [0, 0.1) is 0 Å². The third kappa shape index (κ3) is 3.45. The van der Waals surface area contributed by atoms with Gasteiger partial charge in [-0.15, -0.1) is 0 Å². The normalized spacial score (nSPS) is 11.0. The quantitative estimate of drug-likeness (QED) is 0.672. The molecule has 2 aromatic rings. The second-order valence-corrected chi connectivity index (χ2v) is 5.81. The van der Waals surface area contributed by atoms with Gasteiger partial charge in [0.05, 0.1) is 10.2 Å². The summed E-state index contributed by atoms with van der Waals surface area (Å²) in [6, 6.07) is 8.36. The monoisotopic (exact) mass is 262 g/mol. The molecule has 0 unspecified atom stereocenters. The average Bonchev–Trinajstić information content (AvgIpc) is 2.82. The molecule has 0 aliphatic heterocycles. The van der Waals surface area contributed by atoms with Gasteiger partial charge < -0.3 is 4.90 Å². The lowest BCUT2D eigenvalue weighted by atomic mass is 10.1. The predicted molar refractivity (Wildman–Crippen MR) is 81.6 cm³/mol. The van der Waals surface area contributed by atoms with E-state index in [9.17, 15) is 0 Å². The lowest BCUT2D eigenvalue weighted by Gasteiger charge is -2.15. The Bertz CT molecular complexity index is 445. The average molecular weight is 262 g/mol. The van der Waals surface area contributed by atoms with Gasteiger partial charge in [-0.05, 0) is 18.6 Å². The van der Waals surface area contributed by atoms with Gasteiger partial charge in [-0.25, -0.2) is 4.98 Å². The number of unbranched alkanes of at least 4 members (excludes halogenated alkanes) is 4. The van der Waals surface area contributed by atoms with Crippen LogP contribution in [0.5, 0.6) is 0 Å². The van der Waals surface area contributed by atoms with Crippen LogP contribution in [-0.4, -0.2) is 18.6 Å². The summed E-state index contributed by atoms with van der Waals surface area (Å²) in [5.74, 6) is 0. The van der Waals surface area contributed by atoms with Crippen molar-refractivity contribution in [2.24, 2.45) is 0 Å². The number of anilines is 1. The van der Waals surface area contributed by atoms with Crippen molar-refractivity contribution in [1.29, 1.82) is 0 Å². The van der Waals surface area contributed by atoms with Crippen LogP contribution in [-0.2, 0) is 0 Å². The summed E-state index contributed by atoms with van der Waals surface area (Å²) in [6.45, 7) is 3.37. The van der Waals surface area contributed by atoms with Crippen molar-refractivity contribution in [1.82, 2.24) is 4.98 Å². The molecule has 1 aromatic heterocycles. The van der Waals surface area contributed by atoms with Gasteiger partial charge in [0.25, 0.3) is 0 Å². The summed E-state index contributed by atoms with van der Waals surface area (Å²) in [5.41, 5.74) is 1.12. The highest BCUT2D eigenvalue weighted by Gasteiger charge is 2.07. The Morgan fingerprint density at radius 2 is 1.89 bits per heavy atom. The van der Waals surface area contributed by atoms with Crippen LogP contribution in [0.15, 0.2) is 24.3 Å². The summed E-state index contributed by atoms with van der Waals surface area (Å²) in [4.78, 5) is 6.96. The SMILES string of the molecule is CCCCCCCN(C)c1nc2ccccc2s1. The maximum absolute atomic E-state index is 4.67. The summed E-state index contributed by atoms with van der Waals surface area (Å²) in [7, 11) is 2.15. The molecule has 0 spiro atoms. The minimum atomic E-state index is 1.11. The predicted octanol–water partition coefficient (Wildman–Crippen LogP) is 4.70. The number of benzene rings is 1. The summed E-state index contributed by atoms with van der Waals surface area (Å²) < 4.78 is 1.28. The maximum atomic E-state index is 4.67. The molecule has 0 atom stereocenters. The highest BCUT2D eigenvalue weighted by atomic mass is 32.1. The lowest BCUT2D eigenvalue weighted by Crippen LogP contribution is -2.17. The van der Waals surface area contributed by atoms with E-state index >= 15 is 0 Å². The smallest absolute Gasteiger partial charge is 0.186 e. The van der Waals surface area contributed by atoms with E-state index < -0.39 is 0 Å². The zero-order valence-corrected chi connectivity index (χ0v) is 12.2. The van der Waals surface area contributed by atoms with E-state index in [1.54, 1.807) is 11.3 Å². The number of para-hydroxylation sites is 1. The minimum Gasteiger partial charge on any atom is -0.351 e. The third-order valence-corrected chi connectivity index (χ3v) is 4.36. The molecule has 0 fully saturated rings. The Hall–Kier alpha value is -1.09.